The Morgan fingerprint density at radius 3 is 3.00 bits per heavy atom. The Bertz CT molecular complexity index is 393. The number of rotatable bonds is 0. The van der Waals surface area contributed by atoms with Gasteiger partial charge in [-0.15, -0.1) is 0 Å². The smallest absolute Gasteiger partial charge is 0.0672 e. The first-order chi connectivity index (χ1) is 5.27. The zero-order valence-corrected chi connectivity index (χ0v) is 6.41. The van der Waals surface area contributed by atoms with Gasteiger partial charge in [0.15, 0.2) is 0 Å². The second kappa shape index (κ2) is 2.09. The number of nitrogens with two attached hydrogens (primary N) is 1. The maximum absolute atomic E-state index is 5.74. The van der Waals surface area contributed by atoms with E-state index in [0.717, 1.165) is 16.3 Å². The van der Waals surface area contributed by atoms with E-state index >= 15 is 0 Å². The van der Waals surface area contributed by atoms with Gasteiger partial charge in [-0.1, -0.05) is 6.07 Å². The van der Waals surface area contributed by atoms with Crippen LogP contribution in [0.5, 0.6) is 0 Å². The van der Waals surface area contributed by atoms with Crippen molar-refractivity contribution >= 4 is 11.8 Å². The summed E-state index contributed by atoms with van der Waals surface area (Å²) in [6.45, 7) is 2.06. The largest absolute Gasteiger partial charge is 0.398 e. The van der Waals surface area contributed by atoms with Gasteiger partial charge in [-0.3, -0.25) is 4.99 Å². The quantitative estimate of drug-likeness (QED) is 0.517. The van der Waals surface area contributed by atoms with Gasteiger partial charge in [0.1, 0.15) is 0 Å². The monoisotopic (exact) mass is 146 g/mol. The fourth-order valence-electron chi connectivity index (χ4n) is 1.36. The highest BCUT2D eigenvalue weighted by Crippen LogP contribution is 1.97. The summed E-state index contributed by atoms with van der Waals surface area (Å²) >= 11 is 0. The maximum Gasteiger partial charge on any atom is 0.0672 e. The average Bonchev–Trinajstić information content (AvgIpc) is 2.31. The molecule has 0 amide bonds. The molecule has 1 aliphatic rings. The molecule has 2 N–H and O–H groups in total. The summed E-state index contributed by atoms with van der Waals surface area (Å²) < 4.78 is 0. The molecular formula is C9H10N2. The lowest BCUT2D eigenvalue weighted by atomic mass is 10.2. The minimum absolute atomic E-state index is 0.287. The molecule has 0 radical (unpaired) electrons. The lowest BCUT2D eigenvalue weighted by Crippen LogP contribution is -2.24. The first kappa shape index (κ1) is 6.40. The van der Waals surface area contributed by atoms with Gasteiger partial charge in [0.25, 0.3) is 0 Å². The minimum Gasteiger partial charge on any atom is -0.398 e. The Morgan fingerprint density at radius 2 is 2.27 bits per heavy atom. The molecule has 0 aliphatic carbocycles. The molecule has 0 aromatic heterocycles. The molecule has 2 rings (SSSR count). The van der Waals surface area contributed by atoms with Gasteiger partial charge in [0.05, 0.1) is 11.4 Å². The van der Waals surface area contributed by atoms with Gasteiger partial charge in [0.2, 0.25) is 0 Å². The standard InChI is InChI=1S/C9H10N2/c1-6-5-7-8(10)3-2-4-9(7)11-6/h2-6H,10H2,1H3/t6-/m1/s1. The highest BCUT2D eigenvalue weighted by molar-refractivity contribution is 5.48. The van der Waals surface area contributed by atoms with Crippen molar-refractivity contribution in [1.29, 1.82) is 0 Å². The molecule has 2 nitrogen and oxygen atoms in total. The van der Waals surface area contributed by atoms with Crippen LogP contribution in [0.2, 0.25) is 0 Å². The van der Waals surface area contributed by atoms with Crippen LogP contribution in [0.25, 0.3) is 6.08 Å². The number of nitrogen functional groups attached to an aromatic ring is 1. The molecule has 0 saturated heterocycles. The van der Waals surface area contributed by atoms with Gasteiger partial charge >= 0.3 is 0 Å². The van der Waals surface area contributed by atoms with E-state index in [1.807, 2.05) is 18.2 Å². The van der Waals surface area contributed by atoms with Crippen LogP contribution in [0.15, 0.2) is 23.2 Å². The van der Waals surface area contributed by atoms with Gasteiger partial charge < -0.3 is 5.73 Å². The summed E-state index contributed by atoms with van der Waals surface area (Å²) in [7, 11) is 0. The van der Waals surface area contributed by atoms with E-state index in [9.17, 15) is 0 Å². The molecule has 1 atom stereocenters. The van der Waals surface area contributed by atoms with Crippen LogP contribution in [0.4, 0.5) is 5.69 Å². The number of nitrogens with zero attached hydrogens (tertiary/aromatic N) is 1. The van der Waals surface area contributed by atoms with Crippen molar-refractivity contribution in [1.82, 2.24) is 0 Å². The second-order valence-corrected chi connectivity index (χ2v) is 2.82. The van der Waals surface area contributed by atoms with Gasteiger partial charge in [0, 0.05) is 10.9 Å². The molecule has 11 heavy (non-hydrogen) atoms. The average molecular weight is 146 g/mol. The maximum atomic E-state index is 5.74. The van der Waals surface area contributed by atoms with Crippen LogP contribution < -0.4 is 16.3 Å². The summed E-state index contributed by atoms with van der Waals surface area (Å²) in [6, 6.07) is 6.12. The van der Waals surface area contributed by atoms with Crippen molar-refractivity contribution in [2.24, 2.45) is 4.99 Å². The van der Waals surface area contributed by atoms with E-state index < -0.39 is 0 Å². The third kappa shape index (κ3) is 0.909. The van der Waals surface area contributed by atoms with E-state index in [1.165, 1.54) is 0 Å². The summed E-state index contributed by atoms with van der Waals surface area (Å²) in [6.07, 6.45) is 2.09. The van der Waals surface area contributed by atoms with Crippen LogP contribution in [0, 0.1) is 0 Å². The summed E-state index contributed by atoms with van der Waals surface area (Å²) in [5.41, 5.74) is 6.57. The van der Waals surface area contributed by atoms with Crippen molar-refractivity contribution in [2.45, 2.75) is 13.0 Å². The first-order valence-corrected chi connectivity index (χ1v) is 3.71. The predicted octanol–water partition coefficient (Wildman–Crippen LogP) is 0.0710. The highest BCUT2D eigenvalue weighted by Gasteiger charge is 2.03. The molecule has 1 aromatic rings. The third-order valence-corrected chi connectivity index (χ3v) is 1.87. The van der Waals surface area contributed by atoms with Gasteiger partial charge in [-0.05, 0) is 25.1 Å². The third-order valence-electron chi connectivity index (χ3n) is 1.87. The molecule has 2 heteroatoms. The van der Waals surface area contributed by atoms with Crippen molar-refractivity contribution in [3.8, 4) is 0 Å². The van der Waals surface area contributed by atoms with E-state index in [4.69, 9.17) is 5.73 Å². The molecule has 0 spiro atoms. The summed E-state index contributed by atoms with van der Waals surface area (Å²) in [5, 5.41) is 2.12. The fourth-order valence-corrected chi connectivity index (χ4v) is 1.36. The normalized spacial score (nSPS) is 20.3. The summed E-state index contributed by atoms with van der Waals surface area (Å²) in [4.78, 5) is 4.38. The minimum atomic E-state index is 0.287. The molecule has 1 aliphatic heterocycles. The number of hydrogen-bond acceptors (Lipinski definition) is 2. The Morgan fingerprint density at radius 1 is 1.45 bits per heavy atom. The summed E-state index contributed by atoms with van der Waals surface area (Å²) in [5.74, 6) is 0. The SMILES string of the molecule is C[C@@H]1C=c2c(N)cccc2=N1. The Balaban J connectivity index is 2.87. The van der Waals surface area contributed by atoms with Crippen molar-refractivity contribution in [2.75, 3.05) is 5.73 Å². The Kier molecular flexibility index (Phi) is 1.22. The number of hydrogen-bond donors (Lipinski definition) is 1. The molecule has 0 bridgehead atoms. The zero-order chi connectivity index (χ0) is 7.84. The van der Waals surface area contributed by atoms with Gasteiger partial charge in [-0.2, -0.15) is 0 Å². The van der Waals surface area contributed by atoms with Crippen LogP contribution >= 0.6 is 0 Å². The number of anilines is 1. The first-order valence-electron chi connectivity index (χ1n) is 3.71. The van der Waals surface area contributed by atoms with Crippen molar-refractivity contribution in [3.63, 3.8) is 0 Å². The van der Waals surface area contributed by atoms with E-state index in [0.29, 0.717) is 0 Å². The fraction of sp³-hybridized carbons (Fsp3) is 0.222. The Labute approximate surface area is 65.1 Å². The molecule has 56 valence electrons. The van der Waals surface area contributed by atoms with Crippen molar-refractivity contribution < 1.29 is 0 Å². The van der Waals surface area contributed by atoms with Crippen molar-refractivity contribution in [3.05, 3.63) is 28.8 Å². The highest BCUT2D eigenvalue weighted by atomic mass is 14.8. The lowest BCUT2D eigenvalue weighted by Gasteiger charge is -1.89. The molecule has 1 aromatic carbocycles. The second-order valence-electron chi connectivity index (χ2n) is 2.82. The van der Waals surface area contributed by atoms with E-state index in [1.54, 1.807) is 0 Å². The topological polar surface area (TPSA) is 38.4 Å². The molecule has 0 saturated carbocycles. The van der Waals surface area contributed by atoms with E-state index in [-0.39, 0.29) is 6.04 Å². The predicted molar refractivity (Wildman–Crippen MR) is 45.6 cm³/mol. The number of benzene rings is 1. The van der Waals surface area contributed by atoms with E-state index in [2.05, 4.69) is 18.0 Å². The molecule has 0 fully saturated rings. The molecular weight excluding hydrogens is 136 g/mol. The molecule has 0 unspecified atom stereocenters. The lowest BCUT2D eigenvalue weighted by molar-refractivity contribution is 0.955. The zero-order valence-electron chi connectivity index (χ0n) is 6.41. The van der Waals surface area contributed by atoms with Crippen LogP contribution in [0.1, 0.15) is 6.92 Å². The van der Waals surface area contributed by atoms with Crippen LogP contribution in [-0.4, -0.2) is 6.04 Å². The van der Waals surface area contributed by atoms with Crippen LogP contribution in [0.3, 0.4) is 0 Å². The number of fused-ring (bicyclic) bond motifs is 1. The Hall–Kier alpha value is -1.31. The van der Waals surface area contributed by atoms with Gasteiger partial charge in [-0.25, -0.2) is 0 Å². The van der Waals surface area contributed by atoms with Crippen LogP contribution in [-0.2, 0) is 0 Å². The molecule has 1 heterocycles.